The highest BCUT2D eigenvalue weighted by Gasteiger charge is 2.60. The smallest absolute Gasteiger partial charge is 0.178 e. The van der Waals surface area contributed by atoms with Crippen molar-refractivity contribution in [2.45, 2.75) is 11.4 Å². The fraction of sp³-hybridized carbons (Fsp3) is 1.00. The van der Waals surface area contributed by atoms with E-state index >= 15 is 0 Å². The summed E-state index contributed by atoms with van der Waals surface area (Å²) in [5.74, 6) is 0. The van der Waals surface area contributed by atoms with Gasteiger partial charge in [0.05, 0.1) is 0 Å². The molecule has 0 aromatic carbocycles. The molecular weight excluding hydrogens is 186 g/mol. The molecule has 0 spiro atoms. The van der Waals surface area contributed by atoms with Crippen molar-refractivity contribution >= 4 is 11.6 Å². The topological polar surface area (TPSA) is 18.5 Å². The maximum absolute atomic E-state index is 11.7. The molecule has 0 N–H and O–H groups in total. The minimum Gasteiger partial charge on any atom is -0.178 e. The van der Waals surface area contributed by atoms with E-state index in [0.29, 0.717) is 0 Å². The van der Waals surface area contributed by atoms with Crippen LogP contribution in [0.25, 0.3) is 0 Å². The lowest BCUT2D eigenvalue weighted by atomic mass is 10.6. The van der Waals surface area contributed by atoms with Gasteiger partial charge in [0, 0.05) is 0 Å². The van der Waals surface area contributed by atoms with Gasteiger partial charge in [0.2, 0.25) is 0 Å². The Morgan fingerprint density at radius 2 is 1.30 bits per heavy atom. The maximum atomic E-state index is 11.7. The summed E-state index contributed by atoms with van der Waals surface area (Å²) in [5, 5.41) is -4.93. The van der Waals surface area contributed by atoms with Crippen LogP contribution in [0.5, 0.6) is 0 Å². The zero-order valence-electron chi connectivity index (χ0n) is 4.08. The predicted octanol–water partition coefficient (Wildman–Crippen LogP) is 2.24. The van der Waals surface area contributed by atoms with Crippen LogP contribution < -0.4 is 0 Å². The molecule has 0 heterocycles. The third-order valence-corrected chi connectivity index (χ3v) is 0.763. The third-order valence-electron chi connectivity index (χ3n) is 0.537. The van der Waals surface area contributed by atoms with E-state index in [-0.39, 0.29) is 0 Å². The number of alkyl halides is 4. The summed E-state index contributed by atoms with van der Waals surface area (Å²) in [6.45, 7) is 0. The zero-order chi connectivity index (χ0) is 8.41. The van der Waals surface area contributed by atoms with Crippen molar-refractivity contribution < 1.29 is 32.1 Å². The van der Waals surface area contributed by atoms with Crippen LogP contribution in [0.15, 0.2) is 0 Å². The summed E-state index contributed by atoms with van der Waals surface area (Å²) in [6, 6.07) is -4.88. The lowest BCUT2D eigenvalue weighted by molar-refractivity contribution is -0.502. The Labute approximate surface area is 56.3 Å². The second kappa shape index (κ2) is 2.85. The van der Waals surface area contributed by atoms with Gasteiger partial charge in [0.15, 0.2) is 0 Å². The van der Waals surface area contributed by atoms with E-state index in [9.17, 15) is 22.2 Å². The Bertz CT molecular complexity index is 109. The Morgan fingerprint density at radius 3 is 1.30 bits per heavy atom. The van der Waals surface area contributed by atoms with Gasteiger partial charge >= 0.3 is 11.4 Å². The van der Waals surface area contributed by atoms with Crippen LogP contribution in [0.4, 0.5) is 22.2 Å². The second-order valence-corrected chi connectivity index (χ2v) is 1.66. The zero-order valence-corrected chi connectivity index (χ0v) is 4.84. The first-order valence-corrected chi connectivity index (χ1v) is 2.10. The molecule has 0 unspecified atom stereocenters. The monoisotopic (exact) mass is 186 g/mol. The molecule has 0 radical (unpaired) electrons. The minimum atomic E-state index is -4.93. The molecule has 0 aliphatic heterocycles. The number of rotatable bonds is 3. The van der Waals surface area contributed by atoms with Gasteiger partial charge in [-0.2, -0.15) is 13.2 Å². The van der Waals surface area contributed by atoms with Crippen molar-refractivity contribution in [2.75, 3.05) is 0 Å². The SMILES string of the molecule is FOC(F)(OF)C(F)(F)Cl. The number of halogens is 6. The predicted molar refractivity (Wildman–Crippen MR) is 19.0 cm³/mol. The van der Waals surface area contributed by atoms with Crippen LogP contribution in [0.3, 0.4) is 0 Å². The molecule has 0 aromatic rings. The van der Waals surface area contributed by atoms with Crippen LogP contribution in [-0.2, 0) is 9.88 Å². The molecular formula is C2ClF5O2. The minimum absolute atomic E-state index is 1.81. The Kier molecular flexibility index (Phi) is 2.81. The van der Waals surface area contributed by atoms with Crippen molar-refractivity contribution in [3.8, 4) is 0 Å². The van der Waals surface area contributed by atoms with Gasteiger partial charge in [0.25, 0.3) is 0 Å². The van der Waals surface area contributed by atoms with E-state index < -0.39 is 11.4 Å². The molecule has 10 heavy (non-hydrogen) atoms. The lowest BCUT2D eigenvalue weighted by Gasteiger charge is -2.18. The van der Waals surface area contributed by atoms with E-state index in [1.54, 1.807) is 9.88 Å². The average Bonchev–Trinajstić information content (AvgIpc) is 1.84. The van der Waals surface area contributed by atoms with Gasteiger partial charge in [-0.15, -0.1) is 9.88 Å². The maximum Gasteiger partial charge on any atom is 0.460 e. The molecule has 0 amide bonds. The van der Waals surface area contributed by atoms with Crippen molar-refractivity contribution in [3.63, 3.8) is 0 Å². The van der Waals surface area contributed by atoms with Gasteiger partial charge in [-0.05, 0) is 20.7 Å². The normalized spacial score (nSPS) is 13.8. The Hall–Kier alpha value is -0.140. The van der Waals surface area contributed by atoms with Crippen LogP contribution in [-0.4, -0.2) is 11.4 Å². The summed E-state index contributed by atoms with van der Waals surface area (Å²) in [7, 11) is 0. The first kappa shape index (κ1) is 9.86. The summed E-state index contributed by atoms with van der Waals surface area (Å²) >= 11 is 3.80. The fourth-order valence-corrected chi connectivity index (χ4v) is 0.158. The van der Waals surface area contributed by atoms with Gasteiger partial charge < -0.3 is 0 Å². The highest BCUT2D eigenvalue weighted by Crippen LogP contribution is 2.38. The Morgan fingerprint density at radius 1 is 1.00 bits per heavy atom. The molecule has 0 saturated heterocycles. The van der Waals surface area contributed by atoms with Gasteiger partial charge in [0.1, 0.15) is 0 Å². The summed E-state index contributed by atoms with van der Waals surface area (Å²) < 4.78 is 56.0. The largest absolute Gasteiger partial charge is 0.460 e. The average molecular weight is 186 g/mol. The van der Waals surface area contributed by atoms with Gasteiger partial charge in [-0.3, -0.25) is 0 Å². The summed E-state index contributed by atoms with van der Waals surface area (Å²) in [4.78, 5) is 3.61. The summed E-state index contributed by atoms with van der Waals surface area (Å²) in [6.07, 6.45) is 0. The number of hydrogen-bond donors (Lipinski definition) is 0. The fourth-order valence-electron chi connectivity index (χ4n) is 0.0994. The van der Waals surface area contributed by atoms with E-state index in [2.05, 4.69) is 11.6 Å². The molecule has 0 fully saturated rings. The second-order valence-electron chi connectivity index (χ2n) is 1.19. The van der Waals surface area contributed by atoms with Gasteiger partial charge in [-0.1, -0.05) is 0 Å². The van der Waals surface area contributed by atoms with Crippen LogP contribution in [0.1, 0.15) is 0 Å². The van der Waals surface area contributed by atoms with Crippen molar-refractivity contribution in [3.05, 3.63) is 0 Å². The van der Waals surface area contributed by atoms with E-state index in [0.717, 1.165) is 0 Å². The molecule has 0 bridgehead atoms. The molecule has 0 saturated carbocycles. The van der Waals surface area contributed by atoms with Gasteiger partial charge in [-0.25, -0.2) is 0 Å². The number of hydrogen-bond acceptors (Lipinski definition) is 2. The molecule has 8 heteroatoms. The summed E-state index contributed by atoms with van der Waals surface area (Å²) in [5.41, 5.74) is 0. The van der Waals surface area contributed by atoms with Crippen LogP contribution >= 0.6 is 11.6 Å². The molecule has 0 aromatic heterocycles. The highest BCUT2D eigenvalue weighted by molar-refractivity contribution is 6.22. The third kappa shape index (κ3) is 1.68. The highest BCUT2D eigenvalue weighted by atomic mass is 35.5. The van der Waals surface area contributed by atoms with Crippen LogP contribution in [0.2, 0.25) is 0 Å². The molecule has 0 aliphatic rings. The molecule has 62 valence electrons. The lowest BCUT2D eigenvalue weighted by Crippen LogP contribution is -2.41. The standard InChI is InChI=1S/C2ClF5O2/c3-1(4,5)2(6,9-7)10-8. The van der Waals surface area contributed by atoms with Crippen LogP contribution in [0, 0.1) is 0 Å². The molecule has 0 atom stereocenters. The first-order valence-electron chi connectivity index (χ1n) is 1.72. The van der Waals surface area contributed by atoms with Crippen molar-refractivity contribution in [1.82, 2.24) is 0 Å². The molecule has 0 rings (SSSR count). The van der Waals surface area contributed by atoms with E-state index in [1.807, 2.05) is 0 Å². The van der Waals surface area contributed by atoms with E-state index in [4.69, 9.17) is 0 Å². The molecule has 2 nitrogen and oxygen atoms in total. The van der Waals surface area contributed by atoms with E-state index in [1.165, 1.54) is 0 Å². The molecule has 0 aliphatic carbocycles. The first-order chi connectivity index (χ1) is 4.37. The van der Waals surface area contributed by atoms with Crippen molar-refractivity contribution in [1.29, 1.82) is 0 Å². The quantitative estimate of drug-likeness (QED) is 0.382. The van der Waals surface area contributed by atoms with Crippen molar-refractivity contribution in [2.24, 2.45) is 0 Å². The Balaban J connectivity index is 4.33.